The van der Waals surface area contributed by atoms with Crippen LogP contribution in [0.2, 0.25) is 5.02 Å². The first-order valence-electron chi connectivity index (χ1n) is 5.38. The molecular weight excluding hydrogens is 236 g/mol. The maximum absolute atomic E-state index is 9.23. The first kappa shape index (κ1) is 13.8. The highest BCUT2D eigenvalue weighted by molar-refractivity contribution is 6.30. The average molecular weight is 253 g/mol. The molecule has 0 radical (unpaired) electrons. The fourth-order valence-corrected chi connectivity index (χ4v) is 2.08. The molecule has 1 atom stereocenters. The van der Waals surface area contributed by atoms with Crippen LogP contribution in [0.4, 0.5) is 0 Å². The molecule has 0 aliphatic rings. The Hall–Kier alpha value is -1.24. The fourth-order valence-electron chi connectivity index (χ4n) is 1.90. The molecule has 0 amide bonds. The van der Waals surface area contributed by atoms with Gasteiger partial charge in [0.15, 0.2) is 0 Å². The van der Waals surface area contributed by atoms with Gasteiger partial charge in [-0.2, -0.15) is 5.26 Å². The second-order valence-electron chi connectivity index (χ2n) is 4.44. The lowest BCUT2D eigenvalue weighted by Crippen LogP contribution is -2.31. The van der Waals surface area contributed by atoms with Gasteiger partial charge in [0.2, 0.25) is 0 Å². The third-order valence-electron chi connectivity index (χ3n) is 2.80. The molecule has 0 fully saturated rings. The minimum absolute atomic E-state index is 0.138. The maximum atomic E-state index is 9.23. The molecule has 0 aliphatic heterocycles. The van der Waals surface area contributed by atoms with E-state index in [2.05, 4.69) is 11.4 Å². The van der Waals surface area contributed by atoms with Crippen molar-refractivity contribution in [2.75, 3.05) is 14.2 Å². The normalized spacial score (nSPS) is 12.9. The standard InChI is InChI=1S/C13H17ClN2O/c1-13(2,8-15)12(16-3)10-7-9(14)5-6-11(10)17-4/h5-7,12,16H,1-4H3. The lowest BCUT2D eigenvalue weighted by molar-refractivity contribution is 0.326. The summed E-state index contributed by atoms with van der Waals surface area (Å²) in [6, 6.07) is 7.59. The Balaban J connectivity index is 3.30. The van der Waals surface area contributed by atoms with Crippen molar-refractivity contribution in [3.63, 3.8) is 0 Å². The summed E-state index contributed by atoms with van der Waals surface area (Å²) in [5.74, 6) is 0.733. The van der Waals surface area contributed by atoms with Crippen LogP contribution in [0, 0.1) is 16.7 Å². The smallest absolute Gasteiger partial charge is 0.123 e. The van der Waals surface area contributed by atoms with E-state index >= 15 is 0 Å². The summed E-state index contributed by atoms with van der Waals surface area (Å²) in [6.45, 7) is 3.77. The van der Waals surface area contributed by atoms with Crippen LogP contribution in [0.25, 0.3) is 0 Å². The molecule has 0 saturated carbocycles. The van der Waals surface area contributed by atoms with E-state index in [0.717, 1.165) is 11.3 Å². The van der Waals surface area contributed by atoms with E-state index in [4.69, 9.17) is 16.3 Å². The number of hydrogen-bond donors (Lipinski definition) is 1. The molecule has 1 rings (SSSR count). The molecule has 0 saturated heterocycles. The van der Waals surface area contributed by atoms with E-state index in [-0.39, 0.29) is 6.04 Å². The molecule has 92 valence electrons. The Bertz CT molecular complexity index is 438. The molecule has 3 nitrogen and oxygen atoms in total. The minimum Gasteiger partial charge on any atom is -0.496 e. The first-order chi connectivity index (χ1) is 7.96. The van der Waals surface area contributed by atoms with E-state index in [1.807, 2.05) is 33.0 Å². The van der Waals surface area contributed by atoms with Crippen molar-refractivity contribution in [2.24, 2.45) is 5.41 Å². The van der Waals surface area contributed by atoms with Gasteiger partial charge in [-0.15, -0.1) is 0 Å². The Labute approximate surface area is 107 Å². The Morgan fingerprint density at radius 1 is 1.47 bits per heavy atom. The number of benzene rings is 1. The number of nitrogens with zero attached hydrogens (tertiary/aromatic N) is 1. The molecule has 1 N–H and O–H groups in total. The van der Waals surface area contributed by atoms with Gasteiger partial charge in [0.25, 0.3) is 0 Å². The SMILES string of the molecule is CNC(c1cc(Cl)ccc1OC)C(C)(C)C#N. The van der Waals surface area contributed by atoms with Crippen molar-refractivity contribution in [3.05, 3.63) is 28.8 Å². The highest BCUT2D eigenvalue weighted by Crippen LogP contribution is 2.38. The number of ether oxygens (including phenoxy) is 1. The Morgan fingerprint density at radius 3 is 2.59 bits per heavy atom. The maximum Gasteiger partial charge on any atom is 0.123 e. The third kappa shape index (κ3) is 2.91. The summed E-state index contributed by atoms with van der Waals surface area (Å²) in [4.78, 5) is 0. The largest absolute Gasteiger partial charge is 0.496 e. The molecule has 0 aliphatic carbocycles. The average Bonchev–Trinajstić information content (AvgIpc) is 2.30. The van der Waals surface area contributed by atoms with E-state index in [0.29, 0.717) is 5.02 Å². The molecule has 0 heterocycles. The van der Waals surface area contributed by atoms with Gasteiger partial charge < -0.3 is 10.1 Å². The summed E-state index contributed by atoms with van der Waals surface area (Å²) in [7, 11) is 3.43. The molecule has 4 heteroatoms. The van der Waals surface area contributed by atoms with E-state index in [1.165, 1.54) is 0 Å². The van der Waals surface area contributed by atoms with Gasteiger partial charge >= 0.3 is 0 Å². The monoisotopic (exact) mass is 252 g/mol. The predicted molar refractivity (Wildman–Crippen MR) is 69.2 cm³/mol. The van der Waals surface area contributed by atoms with Crippen LogP contribution in [0.15, 0.2) is 18.2 Å². The van der Waals surface area contributed by atoms with Crippen LogP contribution in [0.5, 0.6) is 5.75 Å². The molecule has 1 aromatic carbocycles. The lowest BCUT2D eigenvalue weighted by Gasteiger charge is -2.29. The molecular formula is C13H17ClN2O. The van der Waals surface area contributed by atoms with Crippen molar-refractivity contribution in [2.45, 2.75) is 19.9 Å². The summed E-state index contributed by atoms with van der Waals surface area (Å²) in [6.07, 6.45) is 0. The second-order valence-corrected chi connectivity index (χ2v) is 4.88. The highest BCUT2D eigenvalue weighted by Gasteiger charge is 2.31. The molecule has 0 spiro atoms. The van der Waals surface area contributed by atoms with E-state index in [9.17, 15) is 5.26 Å². The van der Waals surface area contributed by atoms with Crippen LogP contribution < -0.4 is 10.1 Å². The number of halogens is 1. The first-order valence-corrected chi connectivity index (χ1v) is 5.76. The van der Waals surface area contributed by atoms with Crippen LogP contribution in [0.1, 0.15) is 25.5 Å². The van der Waals surface area contributed by atoms with Crippen molar-refractivity contribution >= 4 is 11.6 Å². The second kappa shape index (κ2) is 5.39. The number of hydrogen-bond acceptors (Lipinski definition) is 3. The highest BCUT2D eigenvalue weighted by atomic mass is 35.5. The zero-order chi connectivity index (χ0) is 13.1. The molecule has 0 aromatic heterocycles. The van der Waals surface area contributed by atoms with Gasteiger partial charge in [0.05, 0.1) is 24.6 Å². The Kier molecular flexibility index (Phi) is 4.39. The topological polar surface area (TPSA) is 45.0 Å². The van der Waals surface area contributed by atoms with Crippen LogP contribution >= 0.6 is 11.6 Å². The zero-order valence-corrected chi connectivity index (χ0v) is 11.3. The van der Waals surface area contributed by atoms with Gasteiger partial charge in [-0.1, -0.05) is 11.6 Å². The molecule has 17 heavy (non-hydrogen) atoms. The number of nitrogens with one attached hydrogen (secondary N) is 1. The lowest BCUT2D eigenvalue weighted by atomic mass is 9.81. The van der Waals surface area contributed by atoms with Crippen LogP contribution in [0.3, 0.4) is 0 Å². The Morgan fingerprint density at radius 2 is 2.12 bits per heavy atom. The fraction of sp³-hybridized carbons (Fsp3) is 0.462. The van der Waals surface area contributed by atoms with Gasteiger partial charge in [0, 0.05) is 10.6 Å². The van der Waals surface area contributed by atoms with Crippen LogP contribution in [-0.2, 0) is 0 Å². The number of methoxy groups -OCH3 is 1. The van der Waals surface area contributed by atoms with E-state index < -0.39 is 5.41 Å². The third-order valence-corrected chi connectivity index (χ3v) is 3.04. The van der Waals surface area contributed by atoms with Gasteiger partial charge in [-0.3, -0.25) is 0 Å². The zero-order valence-electron chi connectivity index (χ0n) is 10.5. The van der Waals surface area contributed by atoms with Crippen molar-refractivity contribution < 1.29 is 4.74 Å². The summed E-state index contributed by atoms with van der Waals surface area (Å²) < 4.78 is 5.31. The van der Waals surface area contributed by atoms with Crippen molar-refractivity contribution in [1.29, 1.82) is 5.26 Å². The van der Waals surface area contributed by atoms with E-state index in [1.54, 1.807) is 13.2 Å². The van der Waals surface area contributed by atoms with Gasteiger partial charge in [-0.25, -0.2) is 0 Å². The summed E-state index contributed by atoms with van der Waals surface area (Å²) >= 11 is 6.00. The number of rotatable bonds is 4. The summed E-state index contributed by atoms with van der Waals surface area (Å²) in [5.41, 5.74) is 0.348. The molecule has 0 bridgehead atoms. The van der Waals surface area contributed by atoms with Gasteiger partial charge in [-0.05, 0) is 39.1 Å². The van der Waals surface area contributed by atoms with Crippen LogP contribution in [-0.4, -0.2) is 14.2 Å². The number of nitriles is 1. The quantitative estimate of drug-likeness (QED) is 0.895. The molecule has 1 aromatic rings. The molecule has 1 unspecified atom stereocenters. The summed E-state index contributed by atoms with van der Waals surface area (Å²) in [5, 5.41) is 13.0. The minimum atomic E-state index is -0.549. The van der Waals surface area contributed by atoms with Gasteiger partial charge in [0.1, 0.15) is 5.75 Å². The van der Waals surface area contributed by atoms with Crippen molar-refractivity contribution in [3.8, 4) is 11.8 Å². The predicted octanol–water partition coefficient (Wildman–Crippen LogP) is 3.16. The van der Waals surface area contributed by atoms with Crippen molar-refractivity contribution in [1.82, 2.24) is 5.32 Å².